The Hall–Kier alpha value is -1.92. The molecule has 172 valence electrons. The number of carboxylic acids is 1. The molecule has 0 radical (unpaired) electrons. The zero-order chi connectivity index (χ0) is 22.8. The summed E-state index contributed by atoms with van der Waals surface area (Å²) in [4.78, 5) is 24.1. The van der Waals surface area contributed by atoms with Crippen molar-refractivity contribution in [3.8, 4) is 0 Å². The summed E-state index contributed by atoms with van der Waals surface area (Å²) in [6.45, 7) is -0.0463. The number of urea groups is 1. The number of nitrogens with zero attached hydrogens (tertiary/aromatic N) is 2. The second kappa shape index (κ2) is 9.29. The maximum Gasteiger partial charge on any atom is 0.339 e. The predicted octanol–water partition coefficient (Wildman–Crippen LogP) is 0.620. The van der Waals surface area contributed by atoms with Gasteiger partial charge in [-0.25, -0.2) is 22.3 Å². The SMILES string of the molecule is NC(=O)N1CCC(S(=O)(=O)N2CCC(OCc3ccc(Cl)cc3)CC2)C(O)(C(=O)O)C1. The highest BCUT2D eigenvalue weighted by Crippen LogP contribution is 2.32. The van der Waals surface area contributed by atoms with Gasteiger partial charge in [-0.3, -0.25) is 0 Å². The topological polar surface area (TPSA) is 150 Å². The molecule has 3 rings (SSSR count). The molecule has 2 amide bonds. The minimum Gasteiger partial charge on any atom is -0.479 e. The summed E-state index contributed by atoms with van der Waals surface area (Å²) in [6, 6.07) is 6.33. The van der Waals surface area contributed by atoms with Crippen LogP contribution >= 0.6 is 11.6 Å². The van der Waals surface area contributed by atoms with Crippen LogP contribution in [0.1, 0.15) is 24.8 Å². The quantitative estimate of drug-likeness (QED) is 0.545. The average molecular weight is 476 g/mol. The molecule has 10 nitrogen and oxygen atoms in total. The van der Waals surface area contributed by atoms with E-state index in [1.54, 1.807) is 12.1 Å². The summed E-state index contributed by atoms with van der Waals surface area (Å²) in [7, 11) is -4.13. The largest absolute Gasteiger partial charge is 0.479 e. The minimum atomic E-state index is -4.13. The Kier molecular flexibility index (Phi) is 7.11. The van der Waals surface area contributed by atoms with E-state index in [-0.39, 0.29) is 32.2 Å². The third-order valence-electron chi connectivity index (χ3n) is 5.83. The number of halogens is 1. The molecule has 4 N–H and O–H groups in total. The van der Waals surface area contributed by atoms with Crippen LogP contribution in [-0.4, -0.2) is 83.0 Å². The number of carbonyl (C=O) groups excluding carboxylic acids is 1. The third-order valence-corrected chi connectivity index (χ3v) is 8.51. The summed E-state index contributed by atoms with van der Waals surface area (Å²) in [5.74, 6) is -1.70. The smallest absolute Gasteiger partial charge is 0.339 e. The first-order chi connectivity index (χ1) is 14.5. The van der Waals surface area contributed by atoms with Crippen molar-refractivity contribution in [1.29, 1.82) is 0 Å². The summed E-state index contributed by atoms with van der Waals surface area (Å²) >= 11 is 5.86. The van der Waals surface area contributed by atoms with Gasteiger partial charge in [-0.1, -0.05) is 23.7 Å². The molecular weight excluding hydrogens is 450 g/mol. The van der Waals surface area contributed by atoms with Crippen molar-refractivity contribution in [3.05, 3.63) is 34.9 Å². The van der Waals surface area contributed by atoms with Crippen LogP contribution in [0.2, 0.25) is 5.02 Å². The number of primary amides is 1. The fraction of sp³-hybridized carbons (Fsp3) is 0.579. The highest BCUT2D eigenvalue weighted by molar-refractivity contribution is 7.89. The molecule has 0 bridgehead atoms. The average Bonchev–Trinajstić information content (AvgIpc) is 2.73. The Labute approximate surface area is 185 Å². The number of ether oxygens (including phenoxy) is 1. The number of nitrogens with two attached hydrogens (primary N) is 1. The summed E-state index contributed by atoms with van der Waals surface area (Å²) < 4.78 is 33.4. The molecule has 2 unspecified atom stereocenters. The summed E-state index contributed by atoms with van der Waals surface area (Å²) in [5.41, 5.74) is 3.50. The van der Waals surface area contributed by atoms with Crippen molar-refractivity contribution in [2.75, 3.05) is 26.2 Å². The van der Waals surface area contributed by atoms with Gasteiger partial charge in [0.15, 0.2) is 5.60 Å². The number of sulfonamides is 1. The lowest BCUT2D eigenvalue weighted by Crippen LogP contribution is -2.67. The lowest BCUT2D eigenvalue weighted by Gasteiger charge is -2.43. The molecule has 0 spiro atoms. The molecule has 2 aliphatic rings. The van der Waals surface area contributed by atoms with Gasteiger partial charge in [0.05, 0.1) is 19.3 Å². The van der Waals surface area contributed by atoms with E-state index in [0.29, 0.717) is 24.5 Å². The Morgan fingerprint density at radius 2 is 1.77 bits per heavy atom. The van der Waals surface area contributed by atoms with Crippen LogP contribution in [-0.2, 0) is 26.2 Å². The molecule has 31 heavy (non-hydrogen) atoms. The number of hydrogen-bond donors (Lipinski definition) is 3. The van der Waals surface area contributed by atoms with Crippen molar-refractivity contribution in [1.82, 2.24) is 9.21 Å². The van der Waals surface area contributed by atoms with E-state index in [2.05, 4.69) is 0 Å². The number of aliphatic carboxylic acids is 1. The third kappa shape index (κ3) is 5.12. The van der Waals surface area contributed by atoms with E-state index in [1.165, 1.54) is 4.31 Å². The van der Waals surface area contributed by atoms with Gasteiger partial charge in [-0.05, 0) is 37.0 Å². The lowest BCUT2D eigenvalue weighted by atomic mass is 9.92. The Morgan fingerprint density at radius 1 is 1.16 bits per heavy atom. The van der Waals surface area contributed by atoms with Gasteiger partial charge in [0.2, 0.25) is 10.0 Å². The number of rotatable bonds is 6. The zero-order valence-corrected chi connectivity index (χ0v) is 18.4. The predicted molar refractivity (Wildman–Crippen MR) is 112 cm³/mol. The molecule has 1 aromatic carbocycles. The number of likely N-dealkylation sites (tertiary alicyclic amines) is 1. The molecule has 2 saturated heterocycles. The van der Waals surface area contributed by atoms with Crippen molar-refractivity contribution in [2.24, 2.45) is 5.73 Å². The molecular formula is C19H26ClN3O7S. The standard InChI is InChI=1S/C19H26ClN3O7S/c20-14-3-1-13(2-4-14)11-30-15-5-9-23(10-6-15)31(28,29)16-7-8-22(18(21)26)12-19(16,27)17(24)25/h1-4,15-16,27H,5-12H2,(H2,21,26)(H,24,25). The van der Waals surface area contributed by atoms with Gasteiger partial charge >= 0.3 is 12.0 Å². The van der Waals surface area contributed by atoms with Gasteiger partial charge in [-0.2, -0.15) is 0 Å². The van der Waals surface area contributed by atoms with Crippen molar-refractivity contribution in [3.63, 3.8) is 0 Å². The Bertz CT molecular complexity index is 919. The van der Waals surface area contributed by atoms with Crippen molar-refractivity contribution < 1.29 is 33.0 Å². The number of benzene rings is 1. The fourth-order valence-corrected chi connectivity index (χ4v) is 6.28. The van der Waals surface area contributed by atoms with Crippen molar-refractivity contribution in [2.45, 2.75) is 42.8 Å². The van der Waals surface area contributed by atoms with Gasteiger partial charge in [0.25, 0.3) is 0 Å². The van der Waals surface area contributed by atoms with E-state index in [4.69, 9.17) is 22.1 Å². The van der Waals surface area contributed by atoms with Gasteiger partial charge < -0.3 is 25.6 Å². The molecule has 0 aliphatic carbocycles. The molecule has 2 atom stereocenters. The van der Waals surface area contributed by atoms with Crippen LogP contribution in [0.4, 0.5) is 4.79 Å². The fourth-order valence-electron chi connectivity index (χ4n) is 4.00. The normalized spacial score (nSPS) is 26.0. The maximum absolute atomic E-state index is 13.2. The van der Waals surface area contributed by atoms with Crippen LogP contribution in [0.15, 0.2) is 24.3 Å². The number of hydrogen-bond acceptors (Lipinski definition) is 6. The molecule has 0 aromatic heterocycles. The second-order valence-electron chi connectivity index (χ2n) is 7.85. The molecule has 0 saturated carbocycles. The number of carbonyl (C=O) groups is 2. The number of carboxylic acid groups (broad SMARTS) is 1. The summed E-state index contributed by atoms with van der Waals surface area (Å²) in [5, 5.41) is 19.3. The Balaban J connectivity index is 1.62. The Morgan fingerprint density at radius 3 is 2.32 bits per heavy atom. The van der Waals surface area contributed by atoms with Crippen molar-refractivity contribution >= 4 is 33.6 Å². The highest BCUT2D eigenvalue weighted by atomic mass is 35.5. The number of aliphatic hydroxyl groups is 1. The first-order valence-corrected chi connectivity index (χ1v) is 11.8. The van der Waals surface area contributed by atoms with Crippen LogP contribution in [0.3, 0.4) is 0 Å². The number of amides is 2. The maximum atomic E-state index is 13.2. The first kappa shape index (κ1) is 23.7. The summed E-state index contributed by atoms with van der Waals surface area (Å²) in [6.07, 6.45) is 0.523. The molecule has 12 heteroatoms. The van der Waals surface area contributed by atoms with E-state index in [0.717, 1.165) is 10.5 Å². The van der Waals surface area contributed by atoms with Gasteiger partial charge in [-0.15, -0.1) is 0 Å². The minimum absolute atomic E-state index is 0.0461. The first-order valence-electron chi connectivity index (χ1n) is 9.89. The van der Waals surface area contributed by atoms with Gasteiger partial charge in [0, 0.05) is 24.7 Å². The molecule has 2 aliphatic heterocycles. The zero-order valence-electron chi connectivity index (χ0n) is 16.8. The molecule has 1 aromatic rings. The molecule has 2 heterocycles. The van der Waals surface area contributed by atoms with Crippen LogP contribution in [0.25, 0.3) is 0 Å². The van der Waals surface area contributed by atoms with E-state index in [9.17, 15) is 28.2 Å². The van der Waals surface area contributed by atoms with Crippen LogP contribution in [0.5, 0.6) is 0 Å². The number of β-amino-alcohol motifs (C(OH)–C–C–N with tert-alkyl or cyclic N) is 1. The van der Waals surface area contributed by atoms with E-state index < -0.39 is 39.4 Å². The van der Waals surface area contributed by atoms with E-state index >= 15 is 0 Å². The van der Waals surface area contributed by atoms with Gasteiger partial charge in [0.1, 0.15) is 5.25 Å². The van der Waals surface area contributed by atoms with Crippen LogP contribution in [0, 0.1) is 0 Å². The highest BCUT2D eigenvalue weighted by Gasteiger charge is 2.56. The van der Waals surface area contributed by atoms with Crippen LogP contribution < -0.4 is 5.73 Å². The second-order valence-corrected chi connectivity index (χ2v) is 10.4. The van der Waals surface area contributed by atoms with E-state index in [1.807, 2.05) is 12.1 Å². The monoisotopic (exact) mass is 475 g/mol. The number of piperidine rings is 2. The lowest BCUT2D eigenvalue weighted by molar-refractivity contribution is -0.162. The molecule has 2 fully saturated rings.